The Labute approximate surface area is 139 Å². The molecule has 0 saturated heterocycles. The summed E-state index contributed by atoms with van der Waals surface area (Å²) in [5.74, 6) is 1.45. The van der Waals surface area contributed by atoms with E-state index in [1.54, 1.807) is 12.4 Å². The molecule has 0 saturated carbocycles. The first kappa shape index (κ1) is 15.2. The van der Waals surface area contributed by atoms with E-state index < -0.39 is 0 Å². The van der Waals surface area contributed by atoms with Gasteiger partial charge in [0, 0.05) is 35.7 Å². The molecule has 6 heteroatoms. The predicted molar refractivity (Wildman–Crippen MR) is 93.1 cm³/mol. The maximum atomic E-state index is 6.14. The normalized spacial score (nSPS) is 10.3. The Hall–Kier alpha value is -2.66. The van der Waals surface area contributed by atoms with Gasteiger partial charge >= 0.3 is 0 Å². The van der Waals surface area contributed by atoms with Gasteiger partial charge < -0.3 is 10.6 Å². The van der Waals surface area contributed by atoms with Gasteiger partial charge in [-0.05, 0) is 42.3 Å². The highest BCUT2D eigenvalue weighted by atomic mass is 35.5. The molecule has 0 atom stereocenters. The summed E-state index contributed by atoms with van der Waals surface area (Å²) in [6.07, 6.45) is 5.06. The van der Waals surface area contributed by atoms with Gasteiger partial charge in [-0.15, -0.1) is 0 Å². The summed E-state index contributed by atoms with van der Waals surface area (Å²) in [4.78, 5) is 12.5. The van der Waals surface area contributed by atoms with E-state index in [1.807, 2.05) is 43.3 Å². The fraction of sp³-hybridized carbons (Fsp3) is 0.118. The van der Waals surface area contributed by atoms with E-state index >= 15 is 0 Å². The number of hydrogen-bond acceptors (Lipinski definition) is 5. The number of nitrogens with zero attached hydrogens (tertiary/aromatic N) is 3. The number of hydrogen-bond donors (Lipinski definition) is 2. The molecule has 2 aromatic heterocycles. The molecule has 116 valence electrons. The van der Waals surface area contributed by atoms with Crippen LogP contribution in [-0.4, -0.2) is 15.0 Å². The number of halogens is 1. The third-order valence-corrected chi connectivity index (χ3v) is 3.74. The number of pyridine rings is 1. The predicted octanol–water partition coefficient (Wildman–Crippen LogP) is 4.19. The van der Waals surface area contributed by atoms with Gasteiger partial charge in [-0.3, -0.25) is 4.98 Å². The molecule has 0 amide bonds. The molecule has 0 unspecified atom stereocenters. The molecule has 23 heavy (non-hydrogen) atoms. The quantitative estimate of drug-likeness (QED) is 0.736. The molecule has 2 N–H and O–H groups in total. The molecule has 1 aromatic carbocycles. The summed E-state index contributed by atoms with van der Waals surface area (Å²) < 4.78 is 0. The minimum Gasteiger partial charge on any atom is -0.366 e. The van der Waals surface area contributed by atoms with E-state index in [2.05, 4.69) is 25.6 Å². The lowest BCUT2D eigenvalue weighted by atomic mass is 10.2. The number of rotatable bonds is 5. The Morgan fingerprint density at radius 2 is 1.78 bits per heavy atom. The molecule has 5 nitrogen and oxygen atoms in total. The van der Waals surface area contributed by atoms with Gasteiger partial charge in [0.2, 0.25) is 0 Å². The molecule has 0 radical (unpaired) electrons. The topological polar surface area (TPSA) is 62.7 Å². The highest BCUT2D eigenvalue weighted by Crippen LogP contribution is 2.23. The van der Waals surface area contributed by atoms with Crippen LogP contribution in [0.1, 0.15) is 11.1 Å². The number of nitrogens with one attached hydrogen (secondary N) is 2. The first-order chi connectivity index (χ1) is 11.2. The van der Waals surface area contributed by atoms with Gasteiger partial charge in [-0.2, -0.15) is 0 Å². The van der Waals surface area contributed by atoms with Crippen molar-refractivity contribution in [3.05, 3.63) is 71.3 Å². The zero-order chi connectivity index (χ0) is 16.1. The van der Waals surface area contributed by atoms with Gasteiger partial charge in [0.25, 0.3) is 0 Å². The van der Waals surface area contributed by atoms with Crippen molar-refractivity contribution in [3.63, 3.8) is 0 Å². The largest absolute Gasteiger partial charge is 0.366 e. The van der Waals surface area contributed by atoms with Crippen LogP contribution in [0, 0.1) is 6.92 Å². The van der Waals surface area contributed by atoms with Gasteiger partial charge in [0.05, 0.1) is 0 Å². The number of aryl methyl sites for hydroxylation is 1. The zero-order valence-corrected chi connectivity index (χ0v) is 13.4. The SMILES string of the molecule is Cc1ccc(Nc2cc(NCc3ccncc3)ncn2)cc1Cl. The van der Waals surface area contributed by atoms with Crippen LogP contribution in [0.3, 0.4) is 0 Å². The maximum Gasteiger partial charge on any atom is 0.135 e. The molecule has 3 aromatic rings. The standard InChI is InChI=1S/C17H16ClN5/c1-12-2-3-14(8-15(12)18)23-17-9-16(21-11-22-17)20-10-13-4-6-19-7-5-13/h2-9,11H,10H2,1H3,(H2,20,21,22,23). The average Bonchev–Trinajstić information content (AvgIpc) is 2.58. The maximum absolute atomic E-state index is 6.14. The highest BCUT2D eigenvalue weighted by molar-refractivity contribution is 6.31. The van der Waals surface area contributed by atoms with Crippen molar-refractivity contribution in [2.75, 3.05) is 10.6 Å². The number of aromatic nitrogens is 3. The van der Waals surface area contributed by atoms with Crippen LogP contribution >= 0.6 is 11.6 Å². The Bertz CT molecular complexity index is 792. The molecule has 0 aliphatic carbocycles. The number of benzene rings is 1. The molecule has 0 aliphatic rings. The van der Waals surface area contributed by atoms with Crippen LogP contribution in [0.25, 0.3) is 0 Å². The Morgan fingerprint density at radius 3 is 2.57 bits per heavy atom. The molecular formula is C17H16ClN5. The zero-order valence-electron chi connectivity index (χ0n) is 12.6. The summed E-state index contributed by atoms with van der Waals surface area (Å²) in [6.45, 7) is 2.65. The van der Waals surface area contributed by atoms with Crippen molar-refractivity contribution in [1.29, 1.82) is 0 Å². The van der Waals surface area contributed by atoms with Crippen molar-refractivity contribution in [1.82, 2.24) is 15.0 Å². The Kier molecular flexibility index (Phi) is 4.68. The third-order valence-electron chi connectivity index (χ3n) is 3.33. The highest BCUT2D eigenvalue weighted by Gasteiger charge is 2.02. The van der Waals surface area contributed by atoms with Crippen LogP contribution in [0.2, 0.25) is 5.02 Å². The lowest BCUT2D eigenvalue weighted by molar-refractivity contribution is 1.07. The van der Waals surface area contributed by atoms with Crippen LogP contribution in [0.15, 0.2) is 55.1 Å². The summed E-state index contributed by atoms with van der Waals surface area (Å²) in [7, 11) is 0. The summed E-state index contributed by atoms with van der Waals surface area (Å²) in [5, 5.41) is 7.21. The van der Waals surface area contributed by atoms with E-state index in [9.17, 15) is 0 Å². The smallest absolute Gasteiger partial charge is 0.135 e. The summed E-state index contributed by atoms with van der Waals surface area (Å²) in [6, 6.07) is 11.6. The lowest BCUT2D eigenvalue weighted by Gasteiger charge is -2.09. The minimum absolute atomic E-state index is 0.676. The van der Waals surface area contributed by atoms with Crippen LogP contribution in [0.5, 0.6) is 0 Å². The van der Waals surface area contributed by atoms with Crippen molar-refractivity contribution < 1.29 is 0 Å². The van der Waals surface area contributed by atoms with E-state index in [1.165, 1.54) is 6.33 Å². The second-order valence-corrected chi connectivity index (χ2v) is 5.49. The average molecular weight is 326 g/mol. The van der Waals surface area contributed by atoms with Crippen molar-refractivity contribution >= 4 is 28.9 Å². The van der Waals surface area contributed by atoms with E-state index in [-0.39, 0.29) is 0 Å². The van der Waals surface area contributed by atoms with Crippen LogP contribution < -0.4 is 10.6 Å². The van der Waals surface area contributed by atoms with E-state index in [0.29, 0.717) is 12.4 Å². The molecule has 0 aliphatic heterocycles. The number of anilines is 3. The molecule has 3 rings (SSSR count). The second kappa shape index (κ2) is 7.07. The monoisotopic (exact) mass is 325 g/mol. The summed E-state index contributed by atoms with van der Waals surface area (Å²) in [5.41, 5.74) is 3.07. The Morgan fingerprint density at radius 1 is 1.00 bits per heavy atom. The van der Waals surface area contributed by atoms with Crippen LogP contribution in [-0.2, 0) is 6.54 Å². The molecule has 0 bridgehead atoms. The van der Waals surface area contributed by atoms with Crippen molar-refractivity contribution in [2.45, 2.75) is 13.5 Å². The first-order valence-electron chi connectivity index (χ1n) is 7.19. The molecular weight excluding hydrogens is 310 g/mol. The molecule has 2 heterocycles. The minimum atomic E-state index is 0.676. The lowest BCUT2D eigenvalue weighted by Crippen LogP contribution is -2.03. The van der Waals surface area contributed by atoms with Crippen LogP contribution in [0.4, 0.5) is 17.3 Å². The first-order valence-corrected chi connectivity index (χ1v) is 7.56. The third kappa shape index (κ3) is 4.17. The van der Waals surface area contributed by atoms with Crippen molar-refractivity contribution in [2.24, 2.45) is 0 Å². The van der Waals surface area contributed by atoms with Crippen molar-refractivity contribution in [3.8, 4) is 0 Å². The Balaban J connectivity index is 1.68. The van der Waals surface area contributed by atoms with Gasteiger partial charge in [0.1, 0.15) is 18.0 Å². The van der Waals surface area contributed by atoms with E-state index in [0.717, 1.165) is 27.7 Å². The summed E-state index contributed by atoms with van der Waals surface area (Å²) >= 11 is 6.14. The van der Waals surface area contributed by atoms with Gasteiger partial charge in [-0.1, -0.05) is 17.7 Å². The molecule has 0 fully saturated rings. The second-order valence-electron chi connectivity index (χ2n) is 5.09. The van der Waals surface area contributed by atoms with E-state index in [4.69, 9.17) is 11.6 Å². The fourth-order valence-corrected chi connectivity index (χ4v) is 2.21. The van der Waals surface area contributed by atoms with Gasteiger partial charge in [-0.25, -0.2) is 9.97 Å². The van der Waals surface area contributed by atoms with Gasteiger partial charge in [0.15, 0.2) is 0 Å². The molecule has 0 spiro atoms. The fourth-order valence-electron chi connectivity index (χ4n) is 2.03.